The largest absolute Gasteiger partial charge is 0.117 e. The quantitative estimate of drug-likeness (QED) is 0.592. The molecule has 0 radical (unpaired) electrons. The molecule has 0 amide bonds. The molecule has 2 aromatic carbocycles. The highest BCUT2D eigenvalue weighted by atomic mass is 79.9. The molecular formula is C17H18BrCl. The van der Waals surface area contributed by atoms with Gasteiger partial charge in [-0.05, 0) is 41.2 Å². The van der Waals surface area contributed by atoms with Gasteiger partial charge in [-0.2, -0.15) is 0 Å². The van der Waals surface area contributed by atoms with E-state index in [4.69, 9.17) is 11.6 Å². The Bertz CT molecular complexity index is 531. The fourth-order valence-corrected chi connectivity index (χ4v) is 2.85. The molecule has 2 rings (SSSR count). The molecule has 2 aromatic rings. The van der Waals surface area contributed by atoms with E-state index in [1.165, 1.54) is 16.7 Å². The van der Waals surface area contributed by atoms with Crippen LogP contribution in [-0.4, -0.2) is 0 Å². The predicted molar refractivity (Wildman–Crippen MR) is 87.0 cm³/mol. The maximum Gasteiger partial charge on any atom is 0.0625 e. The van der Waals surface area contributed by atoms with Gasteiger partial charge in [-0.3, -0.25) is 0 Å². The van der Waals surface area contributed by atoms with Gasteiger partial charge in [0.05, 0.1) is 5.38 Å². The van der Waals surface area contributed by atoms with E-state index < -0.39 is 0 Å². The molecule has 0 aliphatic carbocycles. The van der Waals surface area contributed by atoms with Gasteiger partial charge >= 0.3 is 0 Å². The molecule has 0 nitrogen and oxygen atoms in total. The Labute approximate surface area is 128 Å². The van der Waals surface area contributed by atoms with Crippen molar-refractivity contribution >= 4 is 27.5 Å². The Morgan fingerprint density at radius 3 is 2.21 bits per heavy atom. The van der Waals surface area contributed by atoms with Crippen LogP contribution in [0, 0.1) is 0 Å². The summed E-state index contributed by atoms with van der Waals surface area (Å²) in [6.45, 7) is 4.41. The van der Waals surface area contributed by atoms with Crippen LogP contribution in [0.5, 0.6) is 0 Å². The van der Waals surface area contributed by atoms with Gasteiger partial charge in [0, 0.05) is 4.47 Å². The van der Waals surface area contributed by atoms with Gasteiger partial charge in [-0.15, -0.1) is 11.6 Å². The summed E-state index contributed by atoms with van der Waals surface area (Å²) in [5.74, 6) is 0.563. The maximum absolute atomic E-state index is 6.51. The fraction of sp³-hybridized carbons (Fsp3) is 0.294. The summed E-state index contributed by atoms with van der Waals surface area (Å²) >= 11 is 10.0. The average Bonchev–Trinajstić information content (AvgIpc) is 2.39. The van der Waals surface area contributed by atoms with Crippen molar-refractivity contribution in [3.8, 4) is 0 Å². The van der Waals surface area contributed by atoms with E-state index in [-0.39, 0.29) is 5.38 Å². The molecule has 1 atom stereocenters. The lowest BCUT2D eigenvalue weighted by Gasteiger charge is -2.12. The first-order chi connectivity index (χ1) is 9.06. The molecule has 0 saturated heterocycles. The van der Waals surface area contributed by atoms with Crippen LogP contribution >= 0.6 is 27.5 Å². The van der Waals surface area contributed by atoms with E-state index >= 15 is 0 Å². The summed E-state index contributed by atoms with van der Waals surface area (Å²) in [7, 11) is 0. The molecule has 0 spiro atoms. The van der Waals surface area contributed by atoms with E-state index in [1.54, 1.807) is 0 Å². The zero-order valence-electron chi connectivity index (χ0n) is 11.2. The monoisotopic (exact) mass is 336 g/mol. The van der Waals surface area contributed by atoms with E-state index in [0.717, 1.165) is 10.9 Å². The number of hydrogen-bond donors (Lipinski definition) is 0. The first kappa shape index (κ1) is 14.6. The Morgan fingerprint density at radius 2 is 1.63 bits per heavy atom. The summed E-state index contributed by atoms with van der Waals surface area (Å²) in [5.41, 5.74) is 3.79. The van der Waals surface area contributed by atoms with Gasteiger partial charge in [-0.25, -0.2) is 0 Å². The van der Waals surface area contributed by atoms with Gasteiger partial charge in [-0.1, -0.05) is 66.2 Å². The minimum absolute atomic E-state index is 0.0236. The predicted octanol–water partition coefficient (Wildman–Crippen LogP) is 6.10. The van der Waals surface area contributed by atoms with Crippen molar-refractivity contribution in [2.45, 2.75) is 31.6 Å². The van der Waals surface area contributed by atoms with Crippen molar-refractivity contribution in [2.24, 2.45) is 0 Å². The highest BCUT2D eigenvalue weighted by molar-refractivity contribution is 9.10. The van der Waals surface area contributed by atoms with E-state index in [0.29, 0.717) is 5.92 Å². The second-order valence-corrected chi connectivity index (χ2v) is 6.57. The number of rotatable bonds is 4. The molecule has 0 bridgehead atoms. The summed E-state index contributed by atoms with van der Waals surface area (Å²) in [6, 6.07) is 17.0. The van der Waals surface area contributed by atoms with Crippen molar-refractivity contribution in [1.82, 2.24) is 0 Å². The number of halogens is 2. The lowest BCUT2D eigenvalue weighted by Crippen LogP contribution is -1.97. The van der Waals surface area contributed by atoms with E-state index in [1.807, 2.05) is 12.1 Å². The number of alkyl halides is 1. The lowest BCUT2D eigenvalue weighted by molar-refractivity contribution is 0.860. The molecule has 0 aliphatic rings. The van der Waals surface area contributed by atoms with Crippen molar-refractivity contribution in [3.63, 3.8) is 0 Å². The van der Waals surface area contributed by atoms with Crippen molar-refractivity contribution < 1.29 is 0 Å². The van der Waals surface area contributed by atoms with Crippen LogP contribution in [0.3, 0.4) is 0 Å². The molecule has 0 fully saturated rings. The first-order valence-electron chi connectivity index (χ1n) is 6.54. The smallest absolute Gasteiger partial charge is 0.0625 e. The Morgan fingerprint density at radius 1 is 1.00 bits per heavy atom. The van der Waals surface area contributed by atoms with E-state index in [9.17, 15) is 0 Å². The summed E-state index contributed by atoms with van der Waals surface area (Å²) < 4.78 is 1.10. The van der Waals surface area contributed by atoms with Crippen LogP contribution < -0.4 is 0 Å². The number of benzene rings is 2. The Hall–Kier alpha value is -0.790. The zero-order valence-corrected chi connectivity index (χ0v) is 13.6. The van der Waals surface area contributed by atoms with Crippen molar-refractivity contribution in [3.05, 3.63) is 69.7 Å². The number of hydrogen-bond acceptors (Lipinski definition) is 0. The van der Waals surface area contributed by atoms with Crippen LogP contribution in [0.25, 0.3) is 0 Å². The minimum Gasteiger partial charge on any atom is -0.117 e. The Kier molecular flexibility index (Phi) is 5.06. The molecule has 2 heteroatoms. The molecular weight excluding hydrogens is 320 g/mol. The van der Waals surface area contributed by atoms with Crippen molar-refractivity contribution in [2.75, 3.05) is 0 Å². The highest BCUT2D eigenvalue weighted by Crippen LogP contribution is 2.27. The van der Waals surface area contributed by atoms with Gasteiger partial charge in [0.2, 0.25) is 0 Å². The van der Waals surface area contributed by atoms with E-state index in [2.05, 4.69) is 66.2 Å². The summed E-state index contributed by atoms with van der Waals surface area (Å²) in [5, 5.41) is 0.0236. The molecule has 19 heavy (non-hydrogen) atoms. The topological polar surface area (TPSA) is 0 Å². The van der Waals surface area contributed by atoms with Crippen LogP contribution in [0.4, 0.5) is 0 Å². The molecule has 0 aromatic heterocycles. The highest BCUT2D eigenvalue weighted by Gasteiger charge is 2.09. The third-order valence-corrected chi connectivity index (χ3v) is 4.17. The fourth-order valence-electron chi connectivity index (χ4n) is 2.08. The third kappa shape index (κ3) is 4.09. The van der Waals surface area contributed by atoms with Crippen LogP contribution in [0.15, 0.2) is 53.0 Å². The van der Waals surface area contributed by atoms with Crippen LogP contribution in [-0.2, 0) is 6.42 Å². The standard InChI is InChI=1S/C17H18BrCl/c1-12(2)14-6-8-15(9-7-14)17(19)11-13-4-3-5-16(18)10-13/h3-10,12,17H,11H2,1-2H3. The molecule has 1 unspecified atom stereocenters. The molecule has 0 N–H and O–H groups in total. The summed E-state index contributed by atoms with van der Waals surface area (Å²) in [6.07, 6.45) is 0.849. The average molecular weight is 338 g/mol. The summed E-state index contributed by atoms with van der Waals surface area (Å²) in [4.78, 5) is 0. The second kappa shape index (κ2) is 6.58. The molecule has 100 valence electrons. The second-order valence-electron chi connectivity index (χ2n) is 5.12. The van der Waals surface area contributed by atoms with Crippen LogP contribution in [0.1, 0.15) is 41.8 Å². The van der Waals surface area contributed by atoms with Gasteiger partial charge in [0.25, 0.3) is 0 Å². The lowest BCUT2D eigenvalue weighted by atomic mass is 9.99. The molecule has 0 heterocycles. The maximum atomic E-state index is 6.51. The third-order valence-electron chi connectivity index (χ3n) is 3.27. The van der Waals surface area contributed by atoms with Crippen molar-refractivity contribution in [1.29, 1.82) is 0 Å². The first-order valence-corrected chi connectivity index (χ1v) is 7.77. The minimum atomic E-state index is 0.0236. The SMILES string of the molecule is CC(C)c1ccc(C(Cl)Cc2cccc(Br)c2)cc1. The molecule has 0 saturated carbocycles. The van der Waals surface area contributed by atoms with Gasteiger partial charge in [0.15, 0.2) is 0 Å². The van der Waals surface area contributed by atoms with Gasteiger partial charge in [0.1, 0.15) is 0 Å². The zero-order chi connectivity index (χ0) is 13.8. The Balaban J connectivity index is 2.09. The van der Waals surface area contributed by atoms with Crippen LogP contribution in [0.2, 0.25) is 0 Å². The van der Waals surface area contributed by atoms with Gasteiger partial charge < -0.3 is 0 Å². The normalized spacial score (nSPS) is 12.7. The molecule has 0 aliphatic heterocycles.